The third-order valence-electron chi connectivity index (χ3n) is 5.13. The van der Waals surface area contributed by atoms with E-state index < -0.39 is 0 Å². The zero-order valence-electron chi connectivity index (χ0n) is 13.5. The van der Waals surface area contributed by atoms with Gasteiger partial charge < -0.3 is 9.84 Å². The number of fused-ring (bicyclic) bond motifs is 1. The maximum absolute atomic E-state index is 12.8. The molecule has 0 spiro atoms. The van der Waals surface area contributed by atoms with Crippen molar-refractivity contribution in [1.29, 1.82) is 0 Å². The van der Waals surface area contributed by atoms with Gasteiger partial charge >= 0.3 is 0 Å². The van der Waals surface area contributed by atoms with Gasteiger partial charge in [-0.1, -0.05) is 12.8 Å². The molecule has 2 aliphatic rings. The molecule has 0 radical (unpaired) electrons. The van der Waals surface area contributed by atoms with Gasteiger partial charge in [-0.3, -0.25) is 4.90 Å². The van der Waals surface area contributed by atoms with E-state index in [4.69, 9.17) is 4.74 Å². The van der Waals surface area contributed by atoms with Crippen molar-refractivity contribution in [3.05, 3.63) is 30.1 Å². The van der Waals surface area contributed by atoms with Crippen LogP contribution in [0.25, 0.3) is 0 Å². The number of aliphatic hydroxyl groups is 1. The van der Waals surface area contributed by atoms with E-state index in [1.165, 1.54) is 37.8 Å². The van der Waals surface area contributed by atoms with Gasteiger partial charge in [-0.05, 0) is 49.9 Å². The molecule has 2 fully saturated rings. The Kier molecular flexibility index (Phi) is 7.12. The van der Waals surface area contributed by atoms with Crippen molar-refractivity contribution in [2.24, 2.45) is 5.92 Å². The molecule has 1 aliphatic carbocycles. The molecule has 3 rings (SSSR count). The summed E-state index contributed by atoms with van der Waals surface area (Å²) >= 11 is 0. The van der Waals surface area contributed by atoms with Gasteiger partial charge in [0.2, 0.25) is 0 Å². The van der Waals surface area contributed by atoms with E-state index in [0.717, 1.165) is 31.7 Å². The monoisotopic (exact) mass is 343 g/mol. The fourth-order valence-corrected chi connectivity index (χ4v) is 3.99. The minimum atomic E-state index is -0.234. The predicted octanol–water partition coefficient (Wildman–Crippen LogP) is 3.64. The van der Waals surface area contributed by atoms with Crippen molar-refractivity contribution < 1.29 is 14.2 Å². The number of benzene rings is 1. The Bertz CT molecular complexity index is 471. The summed E-state index contributed by atoms with van der Waals surface area (Å²) in [7, 11) is 0. The minimum absolute atomic E-state index is 0. The molecule has 1 N–H and O–H groups in total. The highest BCUT2D eigenvalue weighted by Gasteiger charge is 2.37. The van der Waals surface area contributed by atoms with Gasteiger partial charge in [0, 0.05) is 25.0 Å². The highest BCUT2D eigenvalue weighted by Crippen LogP contribution is 2.35. The number of hydrogen-bond acceptors (Lipinski definition) is 3. The van der Waals surface area contributed by atoms with Crippen LogP contribution in [-0.4, -0.2) is 41.8 Å². The van der Waals surface area contributed by atoms with Gasteiger partial charge in [0.25, 0.3) is 0 Å². The van der Waals surface area contributed by atoms with Crippen molar-refractivity contribution in [1.82, 2.24) is 4.90 Å². The number of likely N-dealkylation sites (tertiary alicyclic amines) is 1. The van der Waals surface area contributed by atoms with E-state index in [1.54, 1.807) is 12.1 Å². The first-order chi connectivity index (χ1) is 10.7. The summed E-state index contributed by atoms with van der Waals surface area (Å²) in [5.41, 5.74) is 0. The second-order valence-corrected chi connectivity index (χ2v) is 6.56. The summed E-state index contributed by atoms with van der Waals surface area (Å²) in [5.74, 6) is 0.967. The number of aliphatic hydroxyl groups excluding tert-OH is 1. The van der Waals surface area contributed by atoms with Gasteiger partial charge in [0.15, 0.2) is 0 Å². The number of nitrogens with zero attached hydrogens (tertiary/aromatic N) is 1. The Morgan fingerprint density at radius 3 is 2.65 bits per heavy atom. The number of halogens is 2. The molecule has 23 heavy (non-hydrogen) atoms. The van der Waals surface area contributed by atoms with Crippen LogP contribution in [0, 0.1) is 11.7 Å². The average molecular weight is 344 g/mol. The number of rotatable bonds is 5. The summed E-state index contributed by atoms with van der Waals surface area (Å²) in [4.78, 5) is 2.55. The van der Waals surface area contributed by atoms with Gasteiger partial charge in [-0.25, -0.2) is 4.39 Å². The average Bonchev–Trinajstić information content (AvgIpc) is 2.55. The second kappa shape index (κ2) is 8.86. The van der Waals surface area contributed by atoms with Gasteiger partial charge in [0.05, 0.1) is 12.7 Å². The smallest absolute Gasteiger partial charge is 0.123 e. The van der Waals surface area contributed by atoms with Crippen LogP contribution in [-0.2, 0) is 0 Å². The van der Waals surface area contributed by atoms with Crippen LogP contribution in [0.2, 0.25) is 0 Å². The predicted molar refractivity (Wildman–Crippen MR) is 91.7 cm³/mol. The van der Waals surface area contributed by atoms with Crippen molar-refractivity contribution in [3.8, 4) is 5.75 Å². The van der Waals surface area contributed by atoms with Crippen molar-refractivity contribution in [3.63, 3.8) is 0 Å². The topological polar surface area (TPSA) is 32.7 Å². The SMILES string of the molecule is Cl.O[C@H]1CCN(CCCOc2ccc(F)cc2)C2CCCC[C@H]21. The summed E-state index contributed by atoms with van der Waals surface area (Å²) in [6.45, 7) is 2.68. The van der Waals surface area contributed by atoms with Gasteiger partial charge in [0.1, 0.15) is 11.6 Å². The molecule has 1 aromatic carbocycles. The number of ether oxygens (including phenoxy) is 1. The molecule has 1 saturated carbocycles. The van der Waals surface area contributed by atoms with Crippen molar-refractivity contribution >= 4 is 12.4 Å². The second-order valence-electron chi connectivity index (χ2n) is 6.56. The largest absolute Gasteiger partial charge is 0.494 e. The Labute approximate surface area is 144 Å². The van der Waals surface area contributed by atoms with Crippen LogP contribution >= 0.6 is 12.4 Å². The van der Waals surface area contributed by atoms with Crippen LogP contribution in [0.3, 0.4) is 0 Å². The molecular formula is C18H27ClFNO2. The first-order valence-corrected chi connectivity index (χ1v) is 8.54. The van der Waals surface area contributed by atoms with Crippen LogP contribution < -0.4 is 4.74 Å². The molecule has 1 aliphatic heterocycles. The molecule has 0 bridgehead atoms. The third kappa shape index (κ3) is 4.82. The van der Waals surface area contributed by atoms with Crippen LogP contribution in [0.15, 0.2) is 24.3 Å². The van der Waals surface area contributed by atoms with Crippen LogP contribution in [0.5, 0.6) is 5.75 Å². The lowest BCUT2D eigenvalue weighted by atomic mass is 9.76. The van der Waals surface area contributed by atoms with Crippen LogP contribution in [0.1, 0.15) is 38.5 Å². The maximum Gasteiger partial charge on any atom is 0.123 e. The van der Waals surface area contributed by atoms with Gasteiger partial charge in [-0.15, -0.1) is 12.4 Å². The summed E-state index contributed by atoms with van der Waals surface area (Å²) in [6, 6.07) is 6.75. The molecule has 3 nitrogen and oxygen atoms in total. The van der Waals surface area contributed by atoms with Crippen molar-refractivity contribution in [2.75, 3.05) is 19.7 Å². The minimum Gasteiger partial charge on any atom is -0.494 e. The molecule has 1 heterocycles. The third-order valence-corrected chi connectivity index (χ3v) is 5.13. The molecule has 1 unspecified atom stereocenters. The molecule has 3 atom stereocenters. The Morgan fingerprint density at radius 1 is 1.13 bits per heavy atom. The quantitative estimate of drug-likeness (QED) is 0.828. The lowest BCUT2D eigenvalue weighted by molar-refractivity contribution is -0.0369. The molecule has 0 aromatic heterocycles. The van der Waals surface area contributed by atoms with Crippen LogP contribution in [0.4, 0.5) is 4.39 Å². The normalized spacial score (nSPS) is 27.8. The molecule has 5 heteroatoms. The molecular weight excluding hydrogens is 317 g/mol. The standard InChI is InChI=1S/C18H26FNO2.ClH/c19-14-6-8-15(9-7-14)22-13-3-11-20-12-10-18(21)16-4-1-2-5-17(16)20;/h6-9,16-18,21H,1-5,10-13H2;1H/t16-,17?,18+;/m1./s1. The lowest BCUT2D eigenvalue weighted by Gasteiger charge is -2.46. The molecule has 1 aromatic rings. The molecule has 1 saturated heterocycles. The van der Waals surface area contributed by atoms with Gasteiger partial charge in [-0.2, -0.15) is 0 Å². The number of hydrogen-bond donors (Lipinski definition) is 1. The van der Waals surface area contributed by atoms with E-state index in [1.807, 2.05) is 0 Å². The highest BCUT2D eigenvalue weighted by atomic mass is 35.5. The molecule has 130 valence electrons. The Hall–Kier alpha value is -0.840. The summed E-state index contributed by atoms with van der Waals surface area (Å²) < 4.78 is 18.5. The van der Waals surface area contributed by atoms with E-state index in [0.29, 0.717) is 18.6 Å². The van der Waals surface area contributed by atoms with Crippen molar-refractivity contribution in [2.45, 2.75) is 50.7 Å². The first kappa shape index (κ1) is 18.5. The summed E-state index contributed by atoms with van der Waals surface area (Å²) in [6.07, 6.45) is 6.72. The Balaban J connectivity index is 0.00000192. The van der Waals surface area contributed by atoms with E-state index >= 15 is 0 Å². The number of piperidine rings is 1. The Morgan fingerprint density at radius 2 is 1.87 bits per heavy atom. The fraction of sp³-hybridized carbons (Fsp3) is 0.667. The van der Waals surface area contributed by atoms with E-state index in [9.17, 15) is 9.50 Å². The fourth-order valence-electron chi connectivity index (χ4n) is 3.99. The highest BCUT2D eigenvalue weighted by molar-refractivity contribution is 5.85. The first-order valence-electron chi connectivity index (χ1n) is 8.54. The zero-order valence-corrected chi connectivity index (χ0v) is 14.3. The lowest BCUT2D eigenvalue weighted by Crippen LogP contribution is -2.52. The van der Waals surface area contributed by atoms with E-state index in [-0.39, 0.29) is 24.3 Å². The van der Waals surface area contributed by atoms with E-state index in [2.05, 4.69) is 4.90 Å². The summed E-state index contributed by atoms with van der Waals surface area (Å²) in [5, 5.41) is 10.2. The zero-order chi connectivity index (χ0) is 15.4. The molecule has 0 amide bonds. The maximum atomic E-state index is 12.8.